The third kappa shape index (κ3) is 2.82. The van der Waals surface area contributed by atoms with Crippen LogP contribution < -0.4 is 10.1 Å². The summed E-state index contributed by atoms with van der Waals surface area (Å²) in [6.45, 7) is 5.37. The molecule has 0 saturated carbocycles. The number of aromatic nitrogens is 1. The minimum Gasteiger partial charge on any atom is -0.481 e. The lowest BCUT2D eigenvalue weighted by Gasteiger charge is -2.25. The van der Waals surface area contributed by atoms with E-state index in [0.717, 1.165) is 25.3 Å². The predicted molar refractivity (Wildman–Crippen MR) is 72.8 cm³/mol. The van der Waals surface area contributed by atoms with Crippen molar-refractivity contribution < 1.29 is 4.74 Å². The molecule has 0 amide bonds. The summed E-state index contributed by atoms with van der Waals surface area (Å²) >= 11 is 0. The highest BCUT2D eigenvalue weighted by Crippen LogP contribution is 2.35. The van der Waals surface area contributed by atoms with Crippen LogP contribution in [0.2, 0.25) is 0 Å². The van der Waals surface area contributed by atoms with Gasteiger partial charge in [-0.2, -0.15) is 0 Å². The number of likely N-dealkylation sites (tertiary alicyclic amines) is 1. The molecule has 0 radical (unpaired) electrons. The monoisotopic (exact) mass is 249 g/mol. The zero-order chi connectivity index (χ0) is 13.0. The highest BCUT2D eigenvalue weighted by molar-refractivity contribution is 5.20. The molecule has 2 heterocycles. The van der Waals surface area contributed by atoms with Crippen molar-refractivity contribution in [2.75, 3.05) is 33.8 Å². The Morgan fingerprint density at radius 3 is 3.06 bits per heavy atom. The van der Waals surface area contributed by atoms with Gasteiger partial charge in [-0.25, -0.2) is 4.98 Å². The van der Waals surface area contributed by atoms with Crippen LogP contribution in [0.15, 0.2) is 18.2 Å². The molecular formula is C14H23N3O. The van der Waals surface area contributed by atoms with Gasteiger partial charge in [0, 0.05) is 6.07 Å². The van der Waals surface area contributed by atoms with Crippen molar-refractivity contribution >= 4 is 0 Å². The molecule has 4 nitrogen and oxygen atoms in total. The molecule has 1 saturated heterocycles. The first-order valence-electron chi connectivity index (χ1n) is 6.68. The third-order valence-electron chi connectivity index (χ3n) is 3.69. The van der Waals surface area contributed by atoms with Crippen molar-refractivity contribution in [1.29, 1.82) is 0 Å². The van der Waals surface area contributed by atoms with Gasteiger partial charge >= 0.3 is 0 Å². The lowest BCUT2D eigenvalue weighted by molar-refractivity contribution is 0.264. The Kier molecular flexibility index (Phi) is 4.55. The topological polar surface area (TPSA) is 37.4 Å². The number of nitrogens with zero attached hydrogens (tertiary/aromatic N) is 2. The first-order chi connectivity index (χ1) is 8.76. The van der Waals surface area contributed by atoms with E-state index in [0.29, 0.717) is 17.8 Å². The van der Waals surface area contributed by atoms with Gasteiger partial charge in [-0.05, 0) is 45.1 Å². The van der Waals surface area contributed by atoms with Crippen molar-refractivity contribution in [3.63, 3.8) is 0 Å². The van der Waals surface area contributed by atoms with E-state index in [1.165, 1.54) is 6.42 Å². The molecule has 2 atom stereocenters. The van der Waals surface area contributed by atoms with E-state index >= 15 is 0 Å². The van der Waals surface area contributed by atoms with Crippen LogP contribution in [-0.2, 0) is 0 Å². The van der Waals surface area contributed by atoms with Gasteiger partial charge < -0.3 is 10.1 Å². The van der Waals surface area contributed by atoms with E-state index in [1.807, 2.05) is 12.1 Å². The molecule has 2 unspecified atom stereocenters. The molecular weight excluding hydrogens is 226 g/mol. The number of hydrogen-bond acceptors (Lipinski definition) is 4. The highest BCUT2D eigenvalue weighted by Gasteiger charge is 2.33. The summed E-state index contributed by atoms with van der Waals surface area (Å²) in [4.78, 5) is 6.98. The number of methoxy groups -OCH3 is 1. The molecule has 100 valence electrons. The molecule has 2 rings (SSSR count). The summed E-state index contributed by atoms with van der Waals surface area (Å²) in [5.41, 5.74) is 1.12. The first-order valence-corrected chi connectivity index (χ1v) is 6.68. The summed E-state index contributed by atoms with van der Waals surface area (Å²) in [5, 5.41) is 3.45. The average Bonchev–Trinajstić information content (AvgIpc) is 2.77. The van der Waals surface area contributed by atoms with Crippen molar-refractivity contribution in [3.8, 4) is 5.88 Å². The van der Waals surface area contributed by atoms with Gasteiger partial charge in [0.25, 0.3) is 0 Å². The maximum atomic E-state index is 5.22. The molecule has 1 fully saturated rings. The van der Waals surface area contributed by atoms with E-state index in [4.69, 9.17) is 4.74 Å². The lowest BCUT2D eigenvalue weighted by atomic mass is 9.97. The van der Waals surface area contributed by atoms with E-state index in [1.54, 1.807) is 7.11 Å². The zero-order valence-electron chi connectivity index (χ0n) is 11.5. The lowest BCUT2D eigenvalue weighted by Crippen LogP contribution is -2.29. The van der Waals surface area contributed by atoms with Crippen molar-refractivity contribution in [3.05, 3.63) is 23.9 Å². The Morgan fingerprint density at radius 2 is 2.33 bits per heavy atom. The molecule has 1 aromatic heterocycles. The van der Waals surface area contributed by atoms with Crippen LogP contribution in [0, 0.1) is 5.92 Å². The summed E-state index contributed by atoms with van der Waals surface area (Å²) in [7, 11) is 3.85. The maximum absolute atomic E-state index is 5.22. The molecule has 0 spiro atoms. The molecule has 1 N–H and O–H groups in total. The number of hydrogen-bond donors (Lipinski definition) is 1. The number of ether oxygens (including phenoxy) is 1. The van der Waals surface area contributed by atoms with E-state index in [-0.39, 0.29) is 0 Å². The van der Waals surface area contributed by atoms with Gasteiger partial charge in [-0.3, -0.25) is 4.90 Å². The third-order valence-corrected chi connectivity index (χ3v) is 3.69. The smallest absolute Gasteiger partial charge is 0.213 e. The second kappa shape index (κ2) is 6.16. The van der Waals surface area contributed by atoms with Crippen LogP contribution in [0.4, 0.5) is 0 Å². The molecule has 1 aliphatic heterocycles. The summed E-state index contributed by atoms with van der Waals surface area (Å²) < 4.78 is 5.22. The Balaban J connectivity index is 2.16. The van der Waals surface area contributed by atoms with Crippen LogP contribution in [0.25, 0.3) is 0 Å². The van der Waals surface area contributed by atoms with Gasteiger partial charge in [0.05, 0.1) is 18.8 Å². The highest BCUT2D eigenvalue weighted by atomic mass is 16.5. The zero-order valence-corrected chi connectivity index (χ0v) is 11.5. The largest absolute Gasteiger partial charge is 0.481 e. The molecule has 1 aliphatic rings. The number of pyridine rings is 1. The molecule has 1 aromatic rings. The maximum Gasteiger partial charge on any atom is 0.213 e. The molecule has 4 heteroatoms. The Hall–Kier alpha value is -1.13. The Labute approximate surface area is 109 Å². The normalized spacial score (nSPS) is 24.4. The second-order valence-electron chi connectivity index (χ2n) is 4.89. The van der Waals surface area contributed by atoms with Gasteiger partial charge in [0.15, 0.2) is 0 Å². The molecule has 0 aliphatic carbocycles. The van der Waals surface area contributed by atoms with Crippen molar-refractivity contribution in [1.82, 2.24) is 15.2 Å². The fourth-order valence-electron chi connectivity index (χ4n) is 2.75. The second-order valence-corrected chi connectivity index (χ2v) is 4.89. The van der Waals surface area contributed by atoms with Gasteiger partial charge in [0.1, 0.15) is 0 Å². The van der Waals surface area contributed by atoms with Crippen LogP contribution >= 0.6 is 0 Å². The summed E-state index contributed by atoms with van der Waals surface area (Å²) in [5.74, 6) is 1.34. The van der Waals surface area contributed by atoms with Crippen LogP contribution in [0.5, 0.6) is 5.88 Å². The quantitative estimate of drug-likeness (QED) is 0.862. The van der Waals surface area contributed by atoms with Gasteiger partial charge in [0.2, 0.25) is 5.88 Å². The fourth-order valence-corrected chi connectivity index (χ4v) is 2.75. The van der Waals surface area contributed by atoms with Crippen LogP contribution in [0.3, 0.4) is 0 Å². The summed E-state index contributed by atoms with van der Waals surface area (Å²) in [6.07, 6.45) is 1.23. The van der Waals surface area contributed by atoms with E-state index in [2.05, 4.69) is 35.2 Å². The standard InChI is InChI=1S/C14H23N3O/c1-4-15-10-11-8-9-17(2)14(11)12-6-5-7-13(16-12)18-3/h5-7,11,14-15H,4,8-10H2,1-3H3. The van der Waals surface area contributed by atoms with E-state index < -0.39 is 0 Å². The first kappa shape index (κ1) is 13.3. The van der Waals surface area contributed by atoms with Crippen LogP contribution in [0.1, 0.15) is 25.1 Å². The minimum absolute atomic E-state index is 0.402. The molecule has 0 bridgehead atoms. The number of nitrogens with one attached hydrogen (secondary N) is 1. The Morgan fingerprint density at radius 1 is 1.50 bits per heavy atom. The van der Waals surface area contributed by atoms with Crippen molar-refractivity contribution in [2.45, 2.75) is 19.4 Å². The average molecular weight is 249 g/mol. The van der Waals surface area contributed by atoms with Gasteiger partial charge in [-0.15, -0.1) is 0 Å². The number of rotatable bonds is 5. The van der Waals surface area contributed by atoms with Crippen molar-refractivity contribution in [2.24, 2.45) is 5.92 Å². The summed E-state index contributed by atoms with van der Waals surface area (Å²) in [6, 6.07) is 6.43. The minimum atomic E-state index is 0.402. The molecule has 18 heavy (non-hydrogen) atoms. The van der Waals surface area contributed by atoms with Crippen LogP contribution in [-0.4, -0.2) is 43.7 Å². The SMILES string of the molecule is CCNCC1CCN(C)C1c1cccc(OC)n1. The fraction of sp³-hybridized carbons (Fsp3) is 0.643. The Bertz CT molecular complexity index is 383. The molecule has 0 aromatic carbocycles. The van der Waals surface area contributed by atoms with Gasteiger partial charge in [-0.1, -0.05) is 13.0 Å². The van der Waals surface area contributed by atoms with E-state index in [9.17, 15) is 0 Å². The predicted octanol–water partition coefficient (Wildman–Crippen LogP) is 1.69.